The van der Waals surface area contributed by atoms with Crippen LogP contribution < -0.4 is 4.74 Å². The van der Waals surface area contributed by atoms with Crippen LogP contribution in [0.5, 0.6) is 5.75 Å². The molecule has 0 saturated carbocycles. The summed E-state index contributed by atoms with van der Waals surface area (Å²) in [5.41, 5.74) is 0.604. The Balaban J connectivity index is 1.61. The van der Waals surface area contributed by atoms with Crippen molar-refractivity contribution in [3.8, 4) is 5.75 Å². The van der Waals surface area contributed by atoms with Gasteiger partial charge in [-0.25, -0.2) is 8.42 Å². The van der Waals surface area contributed by atoms with E-state index >= 15 is 0 Å². The normalized spacial score (nSPS) is 18.8. The quantitative estimate of drug-likeness (QED) is 0.772. The van der Waals surface area contributed by atoms with Crippen LogP contribution in [0.15, 0.2) is 54.6 Å². The molecule has 25 heavy (non-hydrogen) atoms. The number of sulfonamides is 1. The number of halogens is 1. The van der Waals surface area contributed by atoms with E-state index in [4.69, 9.17) is 21.1 Å². The van der Waals surface area contributed by atoms with Gasteiger partial charge < -0.3 is 9.47 Å². The van der Waals surface area contributed by atoms with Gasteiger partial charge in [0.25, 0.3) is 0 Å². The van der Waals surface area contributed by atoms with Gasteiger partial charge in [-0.05, 0) is 23.8 Å². The SMILES string of the molecule is O=S(=O)(Cc1ccccc1Cl)N1CCO[C@@H](COc2ccccc2)C1. The summed E-state index contributed by atoms with van der Waals surface area (Å²) < 4.78 is 38.2. The molecule has 1 fully saturated rings. The molecule has 0 N–H and O–H groups in total. The second-order valence-electron chi connectivity index (χ2n) is 5.82. The van der Waals surface area contributed by atoms with Gasteiger partial charge in [0.15, 0.2) is 0 Å². The highest BCUT2D eigenvalue weighted by Gasteiger charge is 2.30. The Hall–Kier alpha value is -1.60. The predicted molar refractivity (Wildman–Crippen MR) is 97.3 cm³/mol. The van der Waals surface area contributed by atoms with Gasteiger partial charge in [-0.15, -0.1) is 0 Å². The lowest BCUT2D eigenvalue weighted by molar-refractivity contribution is -0.0249. The van der Waals surface area contributed by atoms with E-state index in [9.17, 15) is 8.42 Å². The van der Waals surface area contributed by atoms with E-state index in [1.54, 1.807) is 24.3 Å². The molecule has 0 amide bonds. The number of para-hydroxylation sites is 1. The number of morpholine rings is 1. The zero-order valence-electron chi connectivity index (χ0n) is 13.7. The van der Waals surface area contributed by atoms with Crippen LogP contribution in [0, 0.1) is 0 Å². The van der Waals surface area contributed by atoms with E-state index in [0.717, 1.165) is 5.75 Å². The lowest BCUT2D eigenvalue weighted by Crippen LogP contribution is -2.47. The first-order valence-corrected chi connectivity index (χ1v) is 10.0. The number of rotatable bonds is 6. The van der Waals surface area contributed by atoms with Crippen molar-refractivity contribution in [3.05, 3.63) is 65.2 Å². The molecule has 2 aromatic carbocycles. The van der Waals surface area contributed by atoms with E-state index < -0.39 is 10.0 Å². The van der Waals surface area contributed by atoms with Crippen molar-refractivity contribution in [2.24, 2.45) is 0 Å². The first-order valence-electron chi connectivity index (χ1n) is 8.05. The summed E-state index contributed by atoms with van der Waals surface area (Å²) in [6, 6.07) is 16.4. The van der Waals surface area contributed by atoms with Crippen LogP contribution in [0.1, 0.15) is 5.56 Å². The summed E-state index contributed by atoms with van der Waals surface area (Å²) in [5.74, 6) is 0.626. The predicted octanol–water partition coefficient (Wildman–Crippen LogP) is 2.95. The van der Waals surface area contributed by atoms with E-state index in [1.165, 1.54) is 4.31 Å². The Labute approximate surface area is 153 Å². The van der Waals surface area contributed by atoms with Crippen LogP contribution in [0.4, 0.5) is 0 Å². The van der Waals surface area contributed by atoms with Gasteiger partial charge in [0.05, 0.1) is 12.4 Å². The van der Waals surface area contributed by atoms with E-state index in [-0.39, 0.29) is 18.4 Å². The fourth-order valence-corrected chi connectivity index (χ4v) is 4.51. The molecule has 0 bridgehead atoms. The summed E-state index contributed by atoms with van der Waals surface area (Å²) in [7, 11) is -3.46. The minimum atomic E-state index is -3.46. The fraction of sp³-hybridized carbons (Fsp3) is 0.333. The highest BCUT2D eigenvalue weighted by Crippen LogP contribution is 2.21. The van der Waals surface area contributed by atoms with E-state index in [1.807, 2.05) is 30.3 Å². The Bertz CT molecular complexity index is 798. The topological polar surface area (TPSA) is 55.8 Å². The third-order valence-electron chi connectivity index (χ3n) is 3.97. The number of nitrogens with zero attached hydrogens (tertiary/aromatic N) is 1. The molecule has 134 valence electrons. The number of benzene rings is 2. The molecule has 2 aromatic rings. The minimum Gasteiger partial charge on any atom is -0.491 e. The van der Waals surface area contributed by atoms with Crippen molar-refractivity contribution >= 4 is 21.6 Å². The van der Waals surface area contributed by atoms with E-state index in [2.05, 4.69) is 0 Å². The largest absolute Gasteiger partial charge is 0.491 e. The molecule has 0 aromatic heterocycles. The number of ether oxygens (including phenoxy) is 2. The lowest BCUT2D eigenvalue weighted by Gasteiger charge is -2.32. The fourth-order valence-electron chi connectivity index (χ4n) is 2.65. The van der Waals surface area contributed by atoms with Crippen molar-refractivity contribution < 1.29 is 17.9 Å². The maximum absolute atomic E-state index is 12.7. The third-order valence-corrected chi connectivity index (χ3v) is 6.13. The molecule has 1 atom stereocenters. The summed E-state index contributed by atoms with van der Waals surface area (Å²) in [5, 5.41) is 0.461. The Morgan fingerprint density at radius 1 is 1.12 bits per heavy atom. The van der Waals surface area contributed by atoms with Gasteiger partial charge in [0, 0.05) is 18.1 Å². The number of hydrogen-bond acceptors (Lipinski definition) is 4. The monoisotopic (exact) mass is 381 g/mol. The summed E-state index contributed by atoms with van der Waals surface area (Å²) >= 11 is 6.09. The summed E-state index contributed by atoms with van der Waals surface area (Å²) in [6.07, 6.45) is -0.296. The average Bonchev–Trinajstić information content (AvgIpc) is 2.63. The van der Waals surface area contributed by atoms with Gasteiger partial charge in [-0.2, -0.15) is 4.31 Å². The minimum absolute atomic E-state index is 0.112. The Morgan fingerprint density at radius 2 is 1.84 bits per heavy atom. The second-order valence-corrected chi connectivity index (χ2v) is 8.20. The molecule has 7 heteroatoms. The summed E-state index contributed by atoms with van der Waals surface area (Å²) in [6.45, 7) is 1.28. The molecule has 1 aliphatic rings. The Kier molecular flexibility index (Phi) is 5.96. The van der Waals surface area contributed by atoms with Crippen LogP contribution in [0.3, 0.4) is 0 Å². The Morgan fingerprint density at radius 3 is 2.60 bits per heavy atom. The third kappa shape index (κ3) is 4.95. The molecule has 0 unspecified atom stereocenters. The second kappa shape index (κ2) is 8.19. The molecule has 0 radical (unpaired) electrons. The molecular weight excluding hydrogens is 362 g/mol. The van der Waals surface area contributed by atoms with Crippen molar-refractivity contribution in [3.63, 3.8) is 0 Å². The molecule has 3 rings (SSSR count). The maximum Gasteiger partial charge on any atom is 0.218 e. The first kappa shape index (κ1) is 18.2. The van der Waals surface area contributed by atoms with Crippen molar-refractivity contribution in [2.45, 2.75) is 11.9 Å². The van der Waals surface area contributed by atoms with Gasteiger partial charge >= 0.3 is 0 Å². The van der Waals surface area contributed by atoms with Crippen molar-refractivity contribution in [1.29, 1.82) is 0 Å². The lowest BCUT2D eigenvalue weighted by atomic mass is 10.2. The molecule has 0 spiro atoms. The van der Waals surface area contributed by atoms with E-state index in [0.29, 0.717) is 30.3 Å². The van der Waals surface area contributed by atoms with Gasteiger partial charge in [-0.1, -0.05) is 48.0 Å². The molecule has 0 aliphatic carbocycles. The molecule has 5 nitrogen and oxygen atoms in total. The van der Waals surface area contributed by atoms with Crippen molar-refractivity contribution in [1.82, 2.24) is 4.31 Å². The molecule has 1 aliphatic heterocycles. The first-order chi connectivity index (χ1) is 12.0. The van der Waals surface area contributed by atoms with Gasteiger partial charge in [-0.3, -0.25) is 0 Å². The molecular formula is C18H20ClNO4S. The van der Waals surface area contributed by atoms with Gasteiger partial charge in [0.1, 0.15) is 18.5 Å². The van der Waals surface area contributed by atoms with Crippen LogP contribution in [0.25, 0.3) is 0 Å². The zero-order chi connectivity index (χ0) is 17.7. The van der Waals surface area contributed by atoms with Crippen LogP contribution in [-0.2, 0) is 20.5 Å². The van der Waals surface area contributed by atoms with Crippen LogP contribution >= 0.6 is 11.6 Å². The highest BCUT2D eigenvalue weighted by atomic mass is 35.5. The highest BCUT2D eigenvalue weighted by molar-refractivity contribution is 7.88. The standard InChI is InChI=1S/C18H20ClNO4S/c19-18-9-5-4-6-15(18)14-25(21,22)20-10-11-23-17(12-20)13-24-16-7-2-1-3-8-16/h1-9,17H,10-14H2/t17-/m1/s1. The average molecular weight is 382 g/mol. The maximum atomic E-state index is 12.7. The summed E-state index contributed by atoms with van der Waals surface area (Å²) in [4.78, 5) is 0. The molecule has 1 heterocycles. The smallest absolute Gasteiger partial charge is 0.218 e. The van der Waals surface area contributed by atoms with Crippen LogP contribution in [-0.4, -0.2) is 45.1 Å². The van der Waals surface area contributed by atoms with Crippen LogP contribution in [0.2, 0.25) is 5.02 Å². The molecule has 1 saturated heterocycles. The zero-order valence-corrected chi connectivity index (χ0v) is 15.2. The van der Waals surface area contributed by atoms with Crippen molar-refractivity contribution in [2.75, 3.05) is 26.3 Å². The van der Waals surface area contributed by atoms with Gasteiger partial charge in [0.2, 0.25) is 10.0 Å². The number of hydrogen-bond donors (Lipinski definition) is 0.